The van der Waals surface area contributed by atoms with Crippen molar-refractivity contribution in [2.45, 2.75) is 37.6 Å². The number of hydrogen-bond donors (Lipinski definition) is 1. The third kappa shape index (κ3) is 4.33. The molecule has 1 saturated heterocycles. The van der Waals surface area contributed by atoms with Gasteiger partial charge in [0.05, 0.1) is 6.61 Å². The molecule has 0 bridgehead atoms. The number of rotatable bonds is 6. The lowest BCUT2D eigenvalue weighted by molar-refractivity contribution is 0.172. The summed E-state index contributed by atoms with van der Waals surface area (Å²) in [5.41, 5.74) is 3.60. The Morgan fingerprint density at radius 3 is 2.47 bits per heavy atom. The molecule has 0 spiro atoms. The highest BCUT2D eigenvalue weighted by Crippen LogP contribution is 2.47. The summed E-state index contributed by atoms with van der Waals surface area (Å²) in [6.07, 6.45) is 2.60. The van der Waals surface area contributed by atoms with Gasteiger partial charge in [-0.3, -0.25) is 4.90 Å². The van der Waals surface area contributed by atoms with Crippen molar-refractivity contribution in [1.29, 1.82) is 0 Å². The number of ether oxygens (including phenoxy) is 2. The van der Waals surface area contributed by atoms with Crippen LogP contribution in [0.5, 0.6) is 17.2 Å². The number of phenolic OH excluding ortho intramolecular Hbond substituents is 1. The largest absolute Gasteiger partial charge is 0.508 e. The molecule has 166 valence electrons. The molecule has 2 aliphatic rings. The van der Waals surface area contributed by atoms with Gasteiger partial charge >= 0.3 is 0 Å². The minimum Gasteiger partial charge on any atom is -0.508 e. The van der Waals surface area contributed by atoms with Crippen molar-refractivity contribution in [3.63, 3.8) is 0 Å². The number of likely N-dealkylation sites (tertiary alicyclic amines) is 1. The molecule has 2 aliphatic heterocycles. The van der Waals surface area contributed by atoms with Gasteiger partial charge in [0, 0.05) is 29.5 Å². The van der Waals surface area contributed by atoms with Crippen LogP contribution >= 0.6 is 0 Å². The summed E-state index contributed by atoms with van der Waals surface area (Å²) < 4.78 is 12.2. The molecule has 3 aromatic rings. The van der Waals surface area contributed by atoms with Crippen LogP contribution < -0.4 is 9.47 Å². The summed E-state index contributed by atoms with van der Waals surface area (Å²) in [6.45, 7) is 5.91. The fraction of sp³-hybridized carbons (Fsp3) is 0.357. The zero-order chi connectivity index (χ0) is 21.9. The normalized spacial score (nSPS) is 21.5. The summed E-state index contributed by atoms with van der Waals surface area (Å²) in [5, 5.41) is 9.95. The fourth-order valence-corrected chi connectivity index (χ4v) is 5.07. The lowest BCUT2D eigenvalue weighted by Gasteiger charge is -2.34. The highest BCUT2D eigenvalue weighted by atomic mass is 16.5. The lowest BCUT2D eigenvalue weighted by Crippen LogP contribution is -2.34. The molecule has 3 aromatic carbocycles. The molecule has 3 atom stereocenters. The van der Waals surface area contributed by atoms with Crippen molar-refractivity contribution in [3.8, 4) is 17.2 Å². The Hall–Kier alpha value is -2.98. The molecule has 0 saturated carbocycles. The van der Waals surface area contributed by atoms with E-state index in [-0.39, 0.29) is 17.6 Å². The minimum absolute atomic E-state index is 0.152. The van der Waals surface area contributed by atoms with Gasteiger partial charge in [-0.1, -0.05) is 48.5 Å². The molecule has 0 aromatic heterocycles. The van der Waals surface area contributed by atoms with E-state index in [0.717, 1.165) is 17.1 Å². The topological polar surface area (TPSA) is 41.9 Å². The SMILES string of the molecule is CC(COc1ccc(C2c3ccc(O)cc3OCC2c2ccccc2)cc1)N1CCCC1. The molecule has 0 amide bonds. The third-order valence-corrected chi connectivity index (χ3v) is 6.88. The maximum atomic E-state index is 9.95. The zero-order valence-electron chi connectivity index (χ0n) is 18.6. The second kappa shape index (κ2) is 9.25. The molecule has 32 heavy (non-hydrogen) atoms. The van der Waals surface area contributed by atoms with E-state index in [9.17, 15) is 5.11 Å². The maximum absolute atomic E-state index is 9.95. The van der Waals surface area contributed by atoms with Crippen molar-refractivity contribution in [2.24, 2.45) is 0 Å². The second-order valence-corrected chi connectivity index (χ2v) is 9.00. The van der Waals surface area contributed by atoms with Gasteiger partial charge in [0.25, 0.3) is 0 Å². The molecule has 1 fully saturated rings. The average molecular weight is 430 g/mol. The first-order valence-electron chi connectivity index (χ1n) is 11.7. The lowest BCUT2D eigenvalue weighted by atomic mass is 9.76. The van der Waals surface area contributed by atoms with E-state index in [1.165, 1.54) is 37.1 Å². The standard InChI is InChI=1S/C28H31NO3/c1-20(29-15-5-6-16-29)18-31-24-12-9-22(10-13-24)28-25-14-11-23(30)17-27(25)32-19-26(28)21-7-3-2-4-8-21/h2-4,7-14,17,20,26,28,30H,5-6,15-16,18-19H2,1H3. The van der Waals surface area contributed by atoms with Crippen molar-refractivity contribution in [2.75, 3.05) is 26.3 Å². The summed E-state index contributed by atoms with van der Waals surface area (Å²) in [4.78, 5) is 2.51. The van der Waals surface area contributed by atoms with E-state index in [1.807, 2.05) is 12.1 Å². The van der Waals surface area contributed by atoms with Crippen LogP contribution in [0.25, 0.3) is 0 Å². The summed E-state index contributed by atoms with van der Waals surface area (Å²) >= 11 is 0. The second-order valence-electron chi connectivity index (χ2n) is 9.00. The Kier molecular flexibility index (Phi) is 6.04. The van der Waals surface area contributed by atoms with Gasteiger partial charge in [-0.25, -0.2) is 0 Å². The van der Waals surface area contributed by atoms with Crippen LogP contribution in [0.2, 0.25) is 0 Å². The Morgan fingerprint density at radius 1 is 0.969 bits per heavy atom. The minimum atomic E-state index is 0.152. The van der Waals surface area contributed by atoms with Gasteiger partial charge in [0.2, 0.25) is 0 Å². The first kappa shape index (κ1) is 20.9. The Labute approximate surface area is 190 Å². The maximum Gasteiger partial charge on any atom is 0.126 e. The number of nitrogens with zero attached hydrogens (tertiary/aromatic N) is 1. The van der Waals surface area contributed by atoms with Crippen molar-refractivity contribution < 1.29 is 14.6 Å². The monoisotopic (exact) mass is 429 g/mol. The molecule has 3 unspecified atom stereocenters. The predicted octanol–water partition coefficient (Wildman–Crippen LogP) is 5.56. The smallest absolute Gasteiger partial charge is 0.126 e. The number of phenols is 1. The molecule has 4 heteroatoms. The van der Waals surface area contributed by atoms with E-state index in [0.29, 0.717) is 19.3 Å². The van der Waals surface area contributed by atoms with Crippen molar-refractivity contribution in [3.05, 3.63) is 89.5 Å². The Balaban J connectivity index is 1.39. The van der Waals surface area contributed by atoms with Gasteiger partial charge in [-0.2, -0.15) is 0 Å². The molecule has 4 nitrogen and oxygen atoms in total. The molecule has 2 heterocycles. The van der Waals surface area contributed by atoms with E-state index in [2.05, 4.69) is 60.4 Å². The van der Waals surface area contributed by atoms with Gasteiger partial charge < -0.3 is 14.6 Å². The molecule has 0 radical (unpaired) electrons. The van der Waals surface area contributed by atoms with Crippen molar-refractivity contribution >= 4 is 0 Å². The third-order valence-electron chi connectivity index (χ3n) is 6.88. The van der Waals surface area contributed by atoms with Crippen LogP contribution in [0, 0.1) is 0 Å². The fourth-order valence-electron chi connectivity index (χ4n) is 5.07. The number of benzene rings is 3. The van der Waals surface area contributed by atoms with E-state index in [4.69, 9.17) is 9.47 Å². The summed E-state index contributed by atoms with van der Waals surface area (Å²) in [5.74, 6) is 2.27. The van der Waals surface area contributed by atoms with E-state index in [1.54, 1.807) is 12.1 Å². The zero-order valence-corrected chi connectivity index (χ0v) is 18.6. The molecule has 1 N–H and O–H groups in total. The first-order chi connectivity index (χ1) is 15.7. The van der Waals surface area contributed by atoms with Gasteiger partial charge in [-0.15, -0.1) is 0 Å². The molecular weight excluding hydrogens is 398 g/mol. The number of hydrogen-bond acceptors (Lipinski definition) is 4. The molecular formula is C28H31NO3. The van der Waals surface area contributed by atoms with Gasteiger partial charge in [0.15, 0.2) is 0 Å². The van der Waals surface area contributed by atoms with E-state index >= 15 is 0 Å². The Morgan fingerprint density at radius 2 is 1.72 bits per heavy atom. The van der Waals surface area contributed by atoms with Gasteiger partial charge in [0.1, 0.15) is 23.9 Å². The number of fused-ring (bicyclic) bond motifs is 1. The van der Waals surface area contributed by atoms with Crippen LogP contribution in [0.15, 0.2) is 72.8 Å². The number of aromatic hydroxyl groups is 1. The summed E-state index contributed by atoms with van der Waals surface area (Å²) in [6, 6.07) is 25.0. The quantitative estimate of drug-likeness (QED) is 0.557. The van der Waals surface area contributed by atoms with Crippen LogP contribution in [0.4, 0.5) is 0 Å². The van der Waals surface area contributed by atoms with Crippen LogP contribution in [0.1, 0.15) is 48.3 Å². The summed E-state index contributed by atoms with van der Waals surface area (Å²) in [7, 11) is 0. The van der Waals surface area contributed by atoms with E-state index < -0.39 is 0 Å². The molecule has 5 rings (SSSR count). The highest BCUT2D eigenvalue weighted by molar-refractivity contribution is 5.50. The van der Waals surface area contributed by atoms with Crippen molar-refractivity contribution in [1.82, 2.24) is 4.90 Å². The Bertz CT molecular complexity index is 1030. The van der Waals surface area contributed by atoms with Gasteiger partial charge in [-0.05, 0) is 62.2 Å². The highest BCUT2D eigenvalue weighted by Gasteiger charge is 2.33. The predicted molar refractivity (Wildman–Crippen MR) is 127 cm³/mol. The average Bonchev–Trinajstić information content (AvgIpc) is 3.38. The van der Waals surface area contributed by atoms with Crippen LogP contribution in [-0.4, -0.2) is 42.4 Å². The van der Waals surface area contributed by atoms with Crippen LogP contribution in [0.3, 0.4) is 0 Å². The van der Waals surface area contributed by atoms with Crippen LogP contribution in [-0.2, 0) is 0 Å². The first-order valence-corrected chi connectivity index (χ1v) is 11.7. The molecule has 0 aliphatic carbocycles.